The highest BCUT2D eigenvalue weighted by atomic mass is 32.1. The highest BCUT2D eigenvalue weighted by Crippen LogP contribution is 2.25. The third-order valence-corrected chi connectivity index (χ3v) is 5.62. The van der Waals surface area contributed by atoms with E-state index in [2.05, 4.69) is 10.7 Å². The van der Waals surface area contributed by atoms with Gasteiger partial charge in [0.05, 0.1) is 19.2 Å². The van der Waals surface area contributed by atoms with Crippen molar-refractivity contribution in [3.05, 3.63) is 90.5 Å². The number of amides is 3. The van der Waals surface area contributed by atoms with Crippen LogP contribution < -0.4 is 20.4 Å². The van der Waals surface area contributed by atoms with Gasteiger partial charge in [-0.05, 0) is 48.6 Å². The number of benzene rings is 3. The zero-order valence-corrected chi connectivity index (χ0v) is 19.1. The summed E-state index contributed by atoms with van der Waals surface area (Å²) in [6.45, 7) is 0. The zero-order chi connectivity index (χ0) is 24.1. The van der Waals surface area contributed by atoms with E-state index in [0.29, 0.717) is 22.7 Å². The SMILES string of the molecule is COc1cccc(NC(=O)[C@H]2CC(=O)N(c3ccccc3)C(=S)N2NC(=O)c2ccccc2)c1. The molecule has 1 saturated heterocycles. The molecule has 1 heterocycles. The minimum Gasteiger partial charge on any atom is -0.497 e. The van der Waals surface area contributed by atoms with Crippen molar-refractivity contribution >= 4 is 46.4 Å². The molecule has 1 atom stereocenters. The number of hydrazine groups is 1. The highest BCUT2D eigenvalue weighted by molar-refractivity contribution is 7.80. The summed E-state index contributed by atoms with van der Waals surface area (Å²) in [6.07, 6.45) is -0.195. The summed E-state index contributed by atoms with van der Waals surface area (Å²) in [5, 5.41) is 4.05. The first-order valence-electron chi connectivity index (χ1n) is 10.5. The van der Waals surface area contributed by atoms with Crippen LogP contribution in [0.15, 0.2) is 84.9 Å². The Bertz CT molecular complexity index is 1220. The zero-order valence-electron chi connectivity index (χ0n) is 18.3. The van der Waals surface area contributed by atoms with Gasteiger partial charge in [0.2, 0.25) is 16.9 Å². The normalized spacial score (nSPS) is 15.6. The predicted octanol–water partition coefficient (Wildman–Crippen LogP) is 3.37. The molecule has 172 valence electrons. The Morgan fingerprint density at radius 1 is 0.971 bits per heavy atom. The third-order valence-electron chi connectivity index (χ3n) is 5.24. The van der Waals surface area contributed by atoms with Crippen molar-refractivity contribution in [2.75, 3.05) is 17.3 Å². The van der Waals surface area contributed by atoms with E-state index < -0.39 is 17.9 Å². The molecule has 0 aromatic heterocycles. The van der Waals surface area contributed by atoms with Crippen LogP contribution in [0.3, 0.4) is 0 Å². The summed E-state index contributed by atoms with van der Waals surface area (Å²) in [5.74, 6) is -0.737. The largest absolute Gasteiger partial charge is 0.497 e. The number of rotatable bonds is 6. The molecule has 0 unspecified atom stereocenters. The molecule has 0 aliphatic carbocycles. The second-order valence-electron chi connectivity index (χ2n) is 7.47. The first kappa shape index (κ1) is 22.9. The fourth-order valence-electron chi connectivity index (χ4n) is 3.55. The van der Waals surface area contributed by atoms with Gasteiger partial charge < -0.3 is 10.1 Å². The summed E-state index contributed by atoms with van der Waals surface area (Å²) in [5.41, 5.74) is 4.14. The molecular formula is C25H22N4O4S. The molecular weight excluding hydrogens is 452 g/mol. The van der Waals surface area contributed by atoms with Gasteiger partial charge in [-0.1, -0.05) is 42.5 Å². The van der Waals surface area contributed by atoms with Crippen molar-refractivity contribution in [1.29, 1.82) is 0 Å². The fraction of sp³-hybridized carbons (Fsp3) is 0.120. The Balaban J connectivity index is 1.64. The van der Waals surface area contributed by atoms with Gasteiger partial charge in [-0.3, -0.25) is 24.7 Å². The number of carbonyl (C=O) groups excluding carboxylic acids is 3. The molecule has 1 aliphatic rings. The van der Waals surface area contributed by atoms with Crippen molar-refractivity contribution in [3.63, 3.8) is 0 Å². The lowest BCUT2D eigenvalue weighted by Crippen LogP contribution is -2.65. The molecule has 0 saturated carbocycles. The predicted molar refractivity (Wildman–Crippen MR) is 132 cm³/mol. The Morgan fingerprint density at radius 2 is 1.65 bits per heavy atom. The molecule has 8 nitrogen and oxygen atoms in total. The third kappa shape index (κ3) is 4.89. The summed E-state index contributed by atoms with van der Waals surface area (Å²) < 4.78 is 5.20. The van der Waals surface area contributed by atoms with Crippen LogP contribution in [0.1, 0.15) is 16.8 Å². The van der Waals surface area contributed by atoms with Crippen LogP contribution in [0, 0.1) is 0 Å². The lowest BCUT2D eigenvalue weighted by atomic mass is 10.1. The first-order valence-corrected chi connectivity index (χ1v) is 10.9. The summed E-state index contributed by atoms with van der Waals surface area (Å²) >= 11 is 5.59. The van der Waals surface area contributed by atoms with Crippen molar-refractivity contribution in [2.24, 2.45) is 0 Å². The number of carbonyl (C=O) groups is 3. The minimum atomic E-state index is -1.06. The van der Waals surface area contributed by atoms with Crippen molar-refractivity contribution in [1.82, 2.24) is 10.4 Å². The average molecular weight is 475 g/mol. The molecule has 2 N–H and O–H groups in total. The van der Waals surface area contributed by atoms with Gasteiger partial charge in [-0.2, -0.15) is 0 Å². The quantitative estimate of drug-likeness (QED) is 0.533. The number of methoxy groups -OCH3 is 1. The first-order chi connectivity index (χ1) is 16.5. The van der Waals surface area contributed by atoms with Gasteiger partial charge in [0.25, 0.3) is 5.91 Å². The van der Waals surface area contributed by atoms with Crippen molar-refractivity contribution in [2.45, 2.75) is 12.5 Å². The minimum absolute atomic E-state index is 0.00229. The van der Waals surface area contributed by atoms with E-state index in [-0.39, 0.29) is 17.4 Å². The van der Waals surface area contributed by atoms with E-state index >= 15 is 0 Å². The van der Waals surface area contributed by atoms with Gasteiger partial charge in [0.1, 0.15) is 11.8 Å². The molecule has 4 rings (SSSR count). The number of hydrogen-bond acceptors (Lipinski definition) is 5. The maximum atomic E-state index is 13.3. The van der Waals surface area contributed by atoms with Crippen LogP contribution >= 0.6 is 12.2 Å². The smallest absolute Gasteiger partial charge is 0.269 e. The Labute approximate surface area is 202 Å². The molecule has 34 heavy (non-hydrogen) atoms. The van der Waals surface area contributed by atoms with Crippen LogP contribution in [0.4, 0.5) is 11.4 Å². The van der Waals surface area contributed by atoms with E-state index in [1.54, 1.807) is 78.9 Å². The average Bonchev–Trinajstić information content (AvgIpc) is 2.86. The van der Waals surface area contributed by atoms with Crippen LogP contribution in [0.5, 0.6) is 5.75 Å². The summed E-state index contributed by atoms with van der Waals surface area (Å²) in [4.78, 5) is 40.6. The summed E-state index contributed by atoms with van der Waals surface area (Å²) in [6, 6.07) is 23.2. The number of anilines is 2. The van der Waals surface area contributed by atoms with E-state index in [9.17, 15) is 14.4 Å². The molecule has 1 fully saturated rings. The van der Waals surface area contributed by atoms with Crippen LogP contribution in [0.25, 0.3) is 0 Å². The van der Waals surface area contributed by atoms with E-state index in [1.165, 1.54) is 17.0 Å². The molecule has 0 bridgehead atoms. The Kier molecular flexibility index (Phi) is 6.84. The maximum absolute atomic E-state index is 13.3. The molecule has 1 aliphatic heterocycles. The molecule has 0 radical (unpaired) electrons. The van der Waals surface area contributed by atoms with E-state index in [4.69, 9.17) is 17.0 Å². The monoisotopic (exact) mass is 474 g/mol. The summed E-state index contributed by atoms with van der Waals surface area (Å²) in [7, 11) is 1.53. The van der Waals surface area contributed by atoms with Crippen LogP contribution in [0.2, 0.25) is 0 Å². The second kappa shape index (κ2) is 10.1. The Morgan fingerprint density at radius 3 is 2.32 bits per heavy atom. The van der Waals surface area contributed by atoms with Gasteiger partial charge in [-0.15, -0.1) is 0 Å². The van der Waals surface area contributed by atoms with E-state index in [0.717, 1.165) is 0 Å². The number of ether oxygens (including phenoxy) is 1. The topological polar surface area (TPSA) is 91.0 Å². The highest BCUT2D eigenvalue weighted by Gasteiger charge is 2.42. The number of nitrogens with one attached hydrogen (secondary N) is 2. The lowest BCUT2D eigenvalue weighted by molar-refractivity contribution is -0.127. The molecule has 0 spiro atoms. The van der Waals surface area contributed by atoms with Gasteiger partial charge in [-0.25, -0.2) is 5.01 Å². The fourth-order valence-corrected chi connectivity index (χ4v) is 3.93. The molecule has 3 aromatic carbocycles. The van der Waals surface area contributed by atoms with Crippen LogP contribution in [-0.2, 0) is 9.59 Å². The number of hydrogen-bond donors (Lipinski definition) is 2. The standard InChI is InChI=1S/C25H22N4O4S/c1-33-20-14-8-11-18(15-20)26-24(32)21-16-22(30)28(19-12-6-3-7-13-19)25(34)29(21)27-23(31)17-9-4-2-5-10-17/h2-15,21H,16H2,1H3,(H,26,32)(H,27,31)/t21-/m1/s1. The number of para-hydroxylation sites is 1. The number of thiocarbonyl (C=S) groups is 1. The Hall–Kier alpha value is -4.24. The molecule has 9 heteroatoms. The van der Waals surface area contributed by atoms with Crippen molar-refractivity contribution in [3.8, 4) is 5.75 Å². The maximum Gasteiger partial charge on any atom is 0.269 e. The van der Waals surface area contributed by atoms with E-state index in [1.807, 2.05) is 6.07 Å². The lowest BCUT2D eigenvalue weighted by Gasteiger charge is -2.41. The van der Waals surface area contributed by atoms with Gasteiger partial charge in [0, 0.05) is 17.3 Å². The molecule has 3 amide bonds. The van der Waals surface area contributed by atoms with Crippen molar-refractivity contribution < 1.29 is 19.1 Å². The van der Waals surface area contributed by atoms with Gasteiger partial charge >= 0.3 is 0 Å². The van der Waals surface area contributed by atoms with Crippen LogP contribution in [-0.4, -0.2) is 41.0 Å². The number of nitrogens with zero attached hydrogens (tertiary/aromatic N) is 2. The second-order valence-corrected chi connectivity index (χ2v) is 7.83. The molecule has 3 aromatic rings. The van der Waals surface area contributed by atoms with Gasteiger partial charge in [0.15, 0.2) is 0 Å².